The van der Waals surface area contributed by atoms with E-state index in [0.717, 1.165) is 41.5 Å². The standard InChI is InChI=1S/C24H22BrN7O/c1-24(23(33)27-3)7-6-14(12-24)9-19-29-13-17-21(25)31-32(22(17)30-19)16-10-15-5-4-8-28-20(15)18(11-16)26-2/h4-5,8,10-11,13-14H,6-7,9,12H2,1,3H3,(H,27,33)/t14-,24-/m0/s1. The molecule has 33 heavy (non-hydrogen) atoms. The van der Waals surface area contributed by atoms with Crippen LogP contribution in [0.4, 0.5) is 5.69 Å². The number of pyridine rings is 1. The molecule has 0 spiro atoms. The number of aromatic nitrogens is 5. The van der Waals surface area contributed by atoms with Crippen LogP contribution in [0.5, 0.6) is 0 Å². The summed E-state index contributed by atoms with van der Waals surface area (Å²) < 4.78 is 2.39. The predicted octanol–water partition coefficient (Wildman–Crippen LogP) is 4.77. The summed E-state index contributed by atoms with van der Waals surface area (Å²) in [6.45, 7) is 9.61. The van der Waals surface area contributed by atoms with Crippen LogP contribution in [0, 0.1) is 17.9 Å². The van der Waals surface area contributed by atoms with E-state index >= 15 is 0 Å². The van der Waals surface area contributed by atoms with Crippen LogP contribution in [-0.2, 0) is 11.2 Å². The zero-order valence-corrected chi connectivity index (χ0v) is 19.9. The number of carbonyl (C=O) groups is 1. The smallest absolute Gasteiger partial charge is 0.225 e. The van der Waals surface area contributed by atoms with Gasteiger partial charge >= 0.3 is 0 Å². The monoisotopic (exact) mass is 503 g/mol. The van der Waals surface area contributed by atoms with Crippen molar-refractivity contribution in [3.8, 4) is 5.69 Å². The van der Waals surface area contributed by atoms with Gasteiger partial charge in [0, 0.05) is 31.3 Å². The van der Waals surface area contributed by atoms with Crippen molar-refractivity contribution in [3.05, 3.63) is 58.5 Å². The molecule has 5 rings (SSSR count). The van der Waals surface area contributed by atoms with Gasteiger partial charge in [-0.3, -0.25) is 9.78 Å². The summed E-state index contributed by atoms with van der Waals surface area (Å²) in [6, 6.07) is 7.54. The predicted molar refractivity (Wildman–Crippen MR) is 129 cm³/mol. The van der Waals surface area contributed by atoms with Crippen molar-refractivity contribution in [3.63, 3.8) is 0 Å². The van der Waals surface area contributed by atoms with Crippen LogP contribution in [0.3, 0.4) is 0 Å². The molecule has 1 aliphatic rings. The van der Waals surface area contributed by atoms with E-state index in [4.69, 9.17) is 11.6 Å². The van der Waals surface area contributed by atoms with Gasteiger partial charge in [0.1, 0.15) is 10.4 Å². The SMILES string of the molecule is [C-]#[N+]c1cc(-n2nc(Br)c3cnc(C[C@@H]4CC[C@](C)(C(=O)NC)C4)nc32)cc2cccnc12. The largest absolute Gasteiger partial charge is 0.359 e. The van der Waals surface area contributed by atoms with Crippen molar-refractivity contribution in [1.82, 2.24) is 30.0 Å². The molecule has 166 valence electrons. The van der Waals surface area contributed by atoms with Crippen molar-refractivity contribution in [2.45, 2.75) is 32.6 Å². The van der Waals surface area contributed by atoms with Crippen molar-refractivity contribution in [2.75, 3.05) is 7.05 Å². The molecule has 4 aromatic rings. The number of amides is 1. The minimum Gasteiger partial charge on any atom is -0.359 e. The van der Waals surface area contributed by atoms with Gasteiger partial charge in [-0.05, 0) is 64.7 Å². The fourth-order valence-corrected chi connectivity index (χ4v) is 5.29. The molecule has 0 bridgehead atoms. The molecule has 9 heteroatoms. The van der Waals surface area contributed by atoms with Crippen LogP contribution in [0.25, 0.3) is 32.5 Å². The van der Waals surface area contributed by atoms with E-state index in [-0.39, 0.29) is 11.3 Å². The third kappa shape index (κ3) is 3.74. The van der Waals surface area contributed by atoms with Crippen LogP contribution >= 0.6 is 15.9 Å². The zero-order chi connectivity index (χ0) is 23.2. The van der Waals surface area contributed by atoms with Gasteiger partial charge in [-0.2, -0.15) is 5.10 Å². The Labute approximate surface area is 199 Å². The Hall–Kier alpha value is -3.38. The van der Waals surface area contributed by atoms with Crippen molar-refractivity contribution in [1.29, 1.82) is 0 Å². The first-order valence-electron chi connectivity index (χ1n) is 10.8. The molecule has 1 aromatic carbocycles. The highest BCUT2D eigenvalue weighted by atomic mass is 79.9. The number of nitrogens with zero attached hydrogens (tertiary/aromatic N) is 6. The number of nitrogens with one attached hydrogen (secondary N) is 1. The number of halogens is 1. The van der Waals surface area contributed by atoms with E-state index in [1.165, 1.54) is 0 Å². The molecule has 0 saturated heterocycles. The Morgan fingerprint density at radius 1 is 1.39 bits per heavy atom. The van der Waals surface area contributed by atoms with Gasteiger partial charge < -0.3 is 5.32 Å². The van der Waals surface area contributed by atoms with Crippen molar-refractivity contribution < 1.29 is 4.79 Å². The Morgan fingerprint density at radius 2 is 2.24 bits per heavy atom. The van der Waals surface area contributed by atoms with Gasteiger partial charge in [0.05, 0.1) is 23.2 Å². The lowest BCUT2D eigenvalue weighted by molar-refractivity contribution is -0.129. The highest BCUT2D eigenvalue weighted by Crippen LogP contribution is 2.42. The number of hydrogen-bond acceptors (Lipinski definition) is 5. The Kier molecular flexibility index (Phi) is 5.33. The summed E-state index contributed by atoms with van der Waals surface area (Å²) in [5, 5.41) is 9.09. The molecule has 3 aromatic heterocycles. The summed E-state index contributed by atoms with van der Waals surface area (Å²) >= 11 is 3.52. The molecule has 2 atom stereocenters. The van der Waals surface area contributed by atoms with Gasteiger partial charge in [-0.25, -0.2) is 19.5 Å². The molecule has 0 unspecified atom stereocenters. The van der Waals surface area contributed by atoms with E-state index in [9.17, 15) is 4.79 Å². The van der Waals surface area contributed by atoms with E-state index in [1.54, 1.807) is 30.2 Å². The summed E-state index contributed by atoms with van der Waals surface area (Å²) in [5.41, 5.74) is 2.23. The summed E-state index contributed by atoms with van der Waals surface area (Å²) in [5.74, 6) is 1.19. The van der Waals surface area contributed by atoms with E-state index in [1.807, 2.05) is 25.1 Å². The molecule has 1 aliphatic carbocycles. The molecular formula is C24H22BrN7O. The summed E-state index contributed by atoms with van der Waals surface area (Å²) in [4.78, 5) is 29.7. The topological polar surface area (TPSA) is 90.0 Å². The van der Waals surface area contributed by atoms with E-state index < -0.39 is 0 Å². The maximum Gasteiger partial charge on any atom is 0.225 e. The molecule has 1 amide bonds. The van der Waals surface area contributed by atoms with Crippen LogP contribution in [0.15, 0.2) is 41.3 Å². The average molecular weight is 504 g/mol. The highest BCUT2D eigenvalue weighted by Gasteiger charge is 2.40. The normalized spacial score (nSPS) is 20.2. The molecule has 1 N–H and O–H groups in total. The van der Waals surface area contributed by atoms with E-state index in [0.29, 0.717) is 33.8 Å². The number of benzene rings is 1. The molecule has 1 saturated carbocycles. The zero-order valence-electron chi connectivity index (χ0n) is 18.3. The van der Waals surface area contributed by atoms with Gasteiger partial charge in [0.25, 0.3) is 0 Å². The third-order valence-electron chi connectivity index (χ3n) is 6.55. The van der Waals surface area contributed by atoms with Crippen LogP contribution in [0.2, 0.25) is 0 Å². The molecule has 1 fully saturated rings. The first-order valence-corrected chi connectivity index (χ1v) is 11.6. The second-order valence-corrected chi connectivity index (χ2v) is 9.58. The molecule has 3 heterocycles. The molecule has 0 radical (unpaired) electrons. The van der Waals surface area contributed by atoms with Crippen molar-refractivity contribution in [2.24, 2.45) is 11.3 Å². The first kappa shape index (κ1) is 21.5. The lowest BCUT2D eigenvalue weighted by Gasteiger charge is -2.21. The first-order chi connectivity index (χ1) is 15.9. The Balaban J connectivity index is 1.52. The summed E-state index contributed by atoms with van der Waals surface area (Å²) in [7, 11) is 1.69. The summed E-state index contributed by atoms with van der Waals surface area (Å²) in [6.07, 6.45) is 6.85. The van der Waals surface area contributed by atoms with Gasteiger partial charge in [0.15, 0.2) is 5.65 Å². The Bertz CT molecular complexity index is 1440. The maximum absolute atomic E-state index is 12.3. The number of rotatable bonds is 4. The third-order valence-corrected chi connectivity index (χ3v) is 7.14. The fraction of sp³-hybridized carbons (Fsp3) is 0.333. The van der Waals surface area contributed by atoms with Gasteiger partial charge in [-0.1, -0.05) is 13.0 Å². The van der Waals surface area contributed by atoms with E-state index in [2.05, 4.69) is 41.2 Å². The second kappa shape index (κ2) is 8.19. The number of carbonyl (C=O) groups excluding carboxylic acids is 1. The van der Waals surface area contributed by atoms with Crippen LogP contribution in [-0.4, -0.2) is 37.7 Å². The minimum atomic E-state index is -0.330. The van der Waals surface area contributed by atoms with Crippen molar-refractivity contribution >= 4 is 49.5 Å². The average Bonchev–Trinajstić information content (AvgIpc) is 3.37. The van der Waals surface area contributed by atoms with Crippen LogP contribution < -0.4 is 5.32 Å². The molecular weight excluding hydrogens is 482 g/mol. The fourth-order valence-electron chi connectivity index (χ4n) is 4.85. The quantitative estimate of drug-likeness (QED) is 0.405. The lowest BCUT2D eigenvalue weighted by Crippen LogP contribution is -2.35. The molecule has 8 nitrogen and oxygen atoms in total. The second-order valence-electron chi connectivity index (χ2n) is 8.83. The highest BCUT2D eigenvalue weighted by molar-refractivity contribution is 9.10. The van der Waals surface area contributed by atoms with Gasteiger partial charge in [-0.15, -0.1) is 0 Å². The number of fused-ring (bicyclic) bond motifs is 2. The lowest BCUT2D eigenvalue weighted by atomic mass is 9.86. The maximum atomic E-state index is 12.3. The minimum absolute atomic E-state index is 0.102. The Morgan fingerprint density at radius 3 is 3.03 bits per heavy atom. The number of hydrogen-bond donors (Lipinski definition) is 1. The van der Waals surface area contributed by atoms with Crippen LogP contribution in [0.1, 0.15) is 32.0 Å². The molecule has 0 aliphatic heterocycles. The van der Waals surface area contributed by atoms with Gasteiger partial charge in [0.2, 0.25) is 11.6 Å².